The summed E-state index contributed by atoms with van der Waals surface area (Å²) in [4.78, 5) is 38.3. The first-order valence-corrected chi connectivity index (χ1v) is 12.0. The standard InChI is InChI=1S/C26H30FN5O4/c1-3-25(34)30-10-12-31(13-11-30)29-15-19-4-6-20(7-5-19)23-9-8-21(14-24(23)27)32-17-22(36-26(32)35)16-28-18(2)33/h4-9,14-15,22H,3,10-13,16-17H2,1-2H3,(H,28,33)/b29-15+/t22-/m0/s1. The molecule has 2 fully saturated rings. The number of carbonyl (C=O) groups is 3. The number of hydrogen-bond acceptors (Lipinski definition) is 6. The van der Waals surface area contributed by atoms with Gasteiger partial charge in [-0.05, 0) is 29.3 Å². The van der Waals surface area contributed by atoms with Crippen LogP contribution in [0.1, 0.15) is 25.8 Å². The highest BCUT2D eigenvalue weighted by atomic mass is 19.1. The molecule has 9 nitrogen and oxygen atoms in total. The number of hydrogen-bond donors (Lipinski definition) is 1. The van der Waals surface area contributed by atoms with E-state index in [2.05, 4.69) is 10.4 Å². The Morgan fingerprint density at radius 1 is 1.14 bits per heavy atom. The largest absolute Gasteiger partial charge is 0.442 e. The van der Waals surface area contributed by atoms with Crippen LogP contribution in [0.15, 0.2) is 47.6 Å². The molecule has 1 N–H and O–H groups in total. The van der Waals surface area contributed by atoms with Gasteiger partial charge in [0.05, 0.1) is 38.1 Å². The number of rotatable bonds is 7. The minimum Gasteiger partial charge on any atom is -0.442 e. The highest BCUT2D eigenvalue weighted by molar-refractivity contribution is 5.90. The predicted octanol–water partition coefficient (Wildman–Crippen LogP) is 2.84. The van der Waals surface area contributed by atoms with Gasteiger partial charge in [0.15, 0.2) is 0 Å². The van der Waals surface area contributed by atoms with Gasteiger partial charge in [-0.1, -0.05) is 31.2 Å². The Balaban J connectivity index is 1.36. The Labute approximate surface area is 209 Å². The molecule has 2 aliphatic heterocycles. The molecule has 10 heteroatoms. The van der Waals surface area contributed by atoms with Gasteiger partial charge in [0.25, 0.3) is 0 Å². The minimum absolute atomic E-state index is 0.168. The molecule has 0 radical (unpaired) electrons. The predicted molar refractivity (Wildman–Crippen MR) is 134 cm³/mol. The number of carbonyl (C=O) groups excluding carboxylic acids is 3. The van der Waals surface area contributed by atoms with Crippen LogP contribution in [0.2, 0.25) is 0 Å². The van der Waals surface area contributed by atoms with Gasteiger partial charge in [-0.3, -0.25) is 19.5 Å². The number of ether oxygens (including phenoxy) is 1. The number of nitrogens with zero attached hydrogens (tertiary/aromatic N) is 4. The topological polar surface area (TPSA) is 94.6 Å². The molecule has 0 spiro atoms. The Morgan fingerprint density at radius 3 is 2.50 bits per heavy atom. The van der Waals surface area contributed by atoms with E-state index in [1.54, 1.807) is 18.3 Å². The van der Waals surface area contributed by atoms with E-state index in [0.29, 0.717) is 49.4 Å². The maximum atomic E-state index is 15.0. The van der Waals surface area contributed by atoms with Crippen molar-refractivity contribution in [2.24, 2.45) is 5.10 Å². The van der Waals surface area contributed by atoms with E-state index in [-0.39, 0.29) is 24.9 Å². The normalized spacial score (nSPS) is 18.0. The van der Waals surface area contributed by atoms with Gasteiger partial charge in [0.1, 0.15) is 11.9 Å². The highest BCUT2D eigenvalue weighted by Gasteiger charge is 2.32. The number of anilines is 1. The molecule has 2 saturated heterocycles. The Hall–Kier alpha value is -3.95. The summed E-state index contributed by atoms with van der Waals surface area (Å²) in [5.74, 6) is -0.493. The zero-order valence-corrected chi connectivity index (χ0v) is 20.4. The maximum absolute atomic E-state index is 15.0. The Morgan fingerprint density at radius 2 is 1.86 bits per heavy atom. The molecule has 2 aromatic carbocycles. The van der Waals surface area contributed by atoms with Gasteiger partial charge >= 0.3 is 6.09 Å². The third-order valence-electron chi connectivity index (χ3n) is 6.22. The minimum atomic E-state index is -0.570. The van der Waals surface area contributed by atoms with E-state index < -0.39 is 18.0 Å². The van der Waals surface area contributed by atoms with Crippen LogP contribution < -0.4 is 10.2 Å². The van der Waals surface area contributed by atoms with E-state index in [1.807, 2.05) is 41.1 Å². The smallest absolute Gasteiger partial charge is 0.414 e. The van der Waals surface area contributed by atoms with Crippen molar-refractivity contribution in [2.75, 3.05) is 44.2 Å². The van der Waals surface area contributed by atoms with Crippen molar-refractivity contribution in [2.45, 2.75) is 26.4 Å². The highest BCUT2D eigenvalue weighted by Crippen LogP contribution is 2.29. The van der Waals surface area contributed by atoms with Gasteiger partial charge in [-0.25, -0.2) is 9.18 Å². The first-order chi connectivity index (χ1) is 17.3. The second-order valence-corrected chi connectivity index (χ2v) is 8.77. The molecule has 4 rings (SSSR count). The number of piperazine rings is 1. The van der Waals surface area contributed by atoms with Crippen molar-refractivity contribution in [3.05, 3.63) is 53.8 Å². The van der Waals surface area contributed by atoms with Crippen LogP contribution in [-0.2, 0) is 14.3 Å². The van der Waals surface area contributed by atoms with E-state index >= 15 is 0 Å². The van der Waals surface area contributed by atoms with Crippen molar-refractivity contribution < 1.29 is 23.5 Å². The second-order valence-electron chi connectivity index (χ2n) is 8.77. The van der Waals surface area contributed by atoms with Gasteiger partial charge in [-0.15, -0.1) is 0 Å². The lowest BCUT2D eigenvalue weighted by Crippen LogP contribution is -2.46. The van der Waals surface area contributed by atoms with Crippen LogP contribution in [0.3, 0.4) is 0 Å². The summed E-state index contributed by atoms with van der Waals surface area (Å²) < 4.78 is 20.2. The molecule has 0 unspecified atom stereocenters. The lowest BCUT2D eigenvalue weighted by molar-refractivity contribution is -0.132. The van der Waals surface area contributed by atoms with Crippen LogP contribution >= 0.6 is 0 Å². The van der Waals surface area contributed by atoms with Crippen molar-refractivity contribution in [3.8, 4) is 11.1 Å². The maximum Gasteiger partial charge on any atom is 0.414 e. The summed E-state index contributed by atoms with van der Waals surface area (Å²) in [6, 6.07) is 12.0. The first-order valence-electron chi connectivity index (χ1n) is 12.0. The van der Waals surface area contributed by atoms with Crippen LogP contribution in [0.5, 0.6) is 0 Å². The van der Waals surface area contributed by atoms with Gasteiger partial charge in [0.2, 0.25) is 11.8 Å². The average Bonchev–Trinajstić information content (AvgIpc) is 3.27. The number of halogens is 1. The molecule has 1 atom stereocenters. The van der Waals surface area contributed by atoms with Crippen molar-refractivity contribution in [1.82, 2.24) is 15.2 Å². The molecule has 0 aliphatic carbocycles. The molecule has 36 heavy (non-hydrogen) atoms. The SMILES string of the molecule is CCC(=O)N1CCN(/N=C/c2ccc(-c3ccc(N4C[C@H](CNC(C)=O)OC4=O)cc3F)cc2)CC1. The fourth-order valence-corrected chi connectivity index (χ4v) is 4.18. The van der Waals surface area contributed by atoms with Crippen LogP contribution in [0.4, 0.5) is 14.9 Å². The molecule has 0 aromatic heterocycles. The molecule has 2 heterocycles. The quantitative estimate of drug-likeness (QED) is 0.596. The van der Waals surface area contributed by atoms with Crippen molar-refractivity contribution >= 4 is 29.8 Å². The number of benzene rings is 2. The summed E-state index contributed by atoms with van der Waals surface area (Å²) in [5.41, 5.74) is 2.40. The Bertz CT molecular complexity index is 1150. The number of hydrazone groups is 1. The van der Waals surface area contributed by atoms with Crippen LogP contribution in [0.25, 0.3) is 11.1 Å². The zero-order chi connectivity index (χ0) is 25.7. The Kier molecular flexibility index (Phi) is 7.82. The van der Waals surface area contributed by atoms with Gasteiger partial charge in [-0.2, -0.15) is 5.10 Å². The van der Waals surface area contributed by atoms with Crippen molar-refractivity contribution in [3.63, 3.8) is 0 Å². The van der Waals surface area contributed by atoms with Crippen molar-refractivity contribution in [1.29, 1.82) is 0 Å². The molecule has 190 valence electrons. The van der Waals surface area contributed by atoms with E-state index in [0.717, 1.165) is 5.56 Å². The zero-order valence-electron chi connectivity index (χ0n) is 20.4. The summed E-state index contributed by atoms with van der Waals surface area (Å²) in [5, 5.41) is 9.07. The third kappa shape index (κ3) is 5.99. The third-order valence-corrected chi connectivity index (χ3v) is 6.22. The molecular formula is C26H30FN5O4. The fraction of sp³-hybridized carbons (Fsp3) is 0.385. The van der Waals surface area contributed by atoms with Crippen LogP contribution in [0, 0.1) is 5.82 Å². The number of cyclic esters (lactones) is 1. The fourth-order valence-electron chi connectivity index (χ4n) is 4.18. The lowest BCUT2D eigenvalue weighted by Gasteiger charge is -2.32. The summed E-state index contributed by atoms with van der Waals surface area (Å²) in [6.45, 7) is 6.42. The van der Waals surface area contributed by atoms with Crippen LogP contribution in [-0.4, -0.2) is 79.4 Å². The summed E-state index contributed by atoms with van der Waals surface area (Å²) in [6.07, 6.45) is 1.22. The number of nitrogens with one attached hydrogen (secondary N) is 1. The van der Waals surface area contributed by atoms with E-state index in [4.69, 9.17) is 4.74 Å². The van der Waals surface area contributed by atoms with Gasteiger partial charge < -0.3 is 15.0 Å². The van der Waals surface area contributed by atoms with Gasteiger partial charge in [0, 0.05) is 32.0 Å². The molecule has 3 amide bonds. The molecule has 0 bridgehead atoms. The first kappa shape index (κ1) is 25.2. The molecule has 2 aliphatic rings. The monoisotopic (exact) mass is 495 g/mol. The van der Waals surface area contributed by atoms with E-state index in [1.165, 1.54) is 17.9 Å². The summed E-state index contributed by atoms with van der Waals surface area (Å²) in [7, 11) is 0. The second kappa shape index (κ2) is 11.2. The lowest BCUT2D eigenvalue weighted by atomic mass is 10.0. The molecule has 0 saturated carbocycles. The average molecular weight is 496 g/mol. The van der Waals surface area contributed by atoms with E-state index in [9.17, 15) is 18.8 Å². The number of amides is 3. The molecular weight excluding hydrogens is 465 g/mol. The summed E-state index contributed by atoms with van der Waals surface area (Å²) >= 11 is 0. The molecule has 2 aromatic rings.